The monoisotopic (exact) mass is 389 g/mol. The summed E-state index contributed by atoms with van der Waals surface area (Å²) in [5, 5.41) is 11.9. The van der Waals surface area contributed by atoms with Crippen molar-refractivity contribution < 1.29 is 14.3 Å². The molecule has 1 aliphatic carbocycles. The number of hydrogen-bond donors (Lipinski definition) is 2. The molecular weight excluding hydrogens is 358 g/mol. The van der Waals surface area contributed by atoms with Crippen LogP contribution in [0.2, 0.25) is 0 Å². The number of thiol groups is 1. The zero-order valence-corrected chi connectivity index (χ0v) is 17.9. The zero-order valence-electron chi connectivity index (χ0n) is 16.2. The summed E-state index contributed by atoms with van der Waals surface area (Å²) in [5.41, 5.74) is 1.35. The number of ether oxygens (including phenoxy) is 2. The standard InChI is InChI=1S/C9H16OS.C6H9N3O2S.C2H6/c1-6-4-8(10-3)5-7(2)9(6)11;1-7-3-4-8-9-5(12-4)6(10)11-2;1-2/h4,7-9,11H,5H2,1-3H3;7H,3H2,1-2H3;1-2H3. The first-order chi connectivity index (χ1) is 11.9. The molecule has 0 aliphatic heterocycles. The van der Waals surface area contributed by atoms with Gasteiger partial charge in [0.25, 0.3) is 0 Å². The van der Waals surface area contributed by atoms with E-state index in [1.165, 1.54) is 24.0 Å². The molecular formula is C17H31N3O3S2. The third-order valence-electron chi connectivity index (χ3n) is 3.52. The van der Waals surface area contributed by atoms with E-state index in [1.54, 1.807) is 14.2 Å². The molecule has 144 valence electrons. The molecule has 0 bridgehead atoms. The third-order valence-corrected chi connectivity index (χ3v) is 5.34. The molecule has 25 heavy (non-hydrogen) atoms. The smallest absolute Gasteiger partial charge is 0.369 e. The number of rotatable bonds is 4. The number of nitrogens with zero attached hydrogens (tertiary/aromatic N) is 2. The summed E-state index contributed by atoms with van der Waals surface area (Å²) in [6.07, 6.45) is 3.59. The second-order valence-corrected chi connectivity index (χ2v) is 6.98. The van der Waals surface area contributed by atoms with Crippen LogP contribution in [0.5, 0.6) is 0 Å². The second kappa shape index (κ2) is 13.3. The van der Waals surface area contributed by atoms with E-state index in [0.29, 0.717) is 28.8 Å². The lowest BCUT2D eigenvalue weighted by atomic mass is 9.89. The van der Waals surface area contributed by atoms with Crippen molar-refractivity contribution in [1.29, 1.82) is 0 Å². The van der Waals surface area contributed by atoms with Gasteiger partial charge in [0, 0.05) is 18.9 Å². The van der Waals surface area contributed by atoms with E-state index in [1.807, 2.05) is 13.8 Å². The molecule has 0 radical (unpaired) electrons. The van der Waals surface area contributed by atoms with Gasteiger partial charge < -0.3 is 14.8 Å². The Kier molecular flexibility index (Phi) is 12.8. The highest BCUT2D eigenvalue weighted by molar-refractivity contribution is 7.81. The molecule has 6 nitrogen and oxygen atoms in total. The predicted octanol–water partition coefficient (Wildman–Crippen LogP) is 3.36. The quantitative estimate of drug-likeness (QED) is 0.467. The molecule has 0 spiro atoms. The van der Waals surface area contributed by atoms with E-state index in [9.17, 15) is 4.79 Å². The molecule has 0 amide bonds. The Morgan fingerprint density at radius 1 is 1.40 bits per heavy atom. The molecule has 2 rings (SSSR count). The van der Waals surface area contributed by atoms with E-state index in [-0.39, 0.29) is 0 Å². The first-order valence-electron chi connectivity index (χ1n) is 8.37. The molecule has 0 fully saturated rings. The van der Waals surface area contributed by atoms with Crippen LogP contribution < -0.4 is 5.32 Å². The summed E-state index contributed by atoms with van der Waals surface area (Å²) in [5.74, 6) is 0.197. The van der Waals surface area contributed by atoms with E-state index in [0.717, 1.165) is 11.4 Å². The van der Waals surface area contributed by atoms with Gasteiger partial charge in [-0.2, -0.15) is 12.6 Å². The van der Waals surface area contributed by atoms with E-state index in [2.05, 4.69) is 52.8 Å². The summed E-state index contributed by atoms with van der Waals surface area (Å²) in [7, 11) is 4.89. The van der Waals surface area contributed by atoms with Crippen molar-refractivity contribution >= 4 is 29.9 Å². The molecule has 1 aliphatic rings. The molecule has 0 saturated heterocycles. The largest absolute Gasteiger partial charge is 0.464 e. The predicted molar refractivity (Wildman–Crippen MR) is 106 cm³/mol. The first kappa shape index (κ1) is 24.0. The maximum absolute atomic E-state index is 10.9. The normalized spacial score (nSPS) is 21.9. The number of nitrogens with one attached hydrogen (secondary N) is 1. The van der Waals surface area contributed by atoms with Crippen LogP contribution >= 0.6 is 24.0 Å². The summed E-state index contributed by atoms with van der Waals surface area (Å²) in [4.78, 5) is 10.9. The van der Waals surface area contributed by atoms with E-state index in [4.69, 9.17) is 4.74 Å². The van der Waals surface area contributed by atoms with Gasteiger partial charge in [-0.05, 0) is 26.3 Å². The Bertz CT molecular complexity index is 535. The number of carbonyl (C=O) groups excluding carboxylic acids is 1. The lowest BCUT2D eigenvalue weighted by Crippen LogP contribution is -2.26. The van der Waals surface area contributed by atoms with Gasteiger partial charge in [0.05, 0.1) is 13.2 Å². The van der Waals surface area contributed by atoms with Crippen LogP contribution in [0.15, 0.2) is 11.6 Å². The Labute approximate surface area is 160 Å². The highest BCUT2D eigenvalue weighted by atomic mass is 32.1. The minimum Gasteiger partial charge on any atom is -0.464 e. The van der Waals surface area contributed by atoms with Crippen molar-refractivity contribution in [3.8, 4) is 0 Å². The topological polar surface area (TPSA) is 73.3 Å². The van der Waals surface area contributed by atoms with Gasteiger partial charge in [0.1, 0.15) is 5.01 Å². The van der Waals surface area contributed by atoms with E-state index >= 15 is 0 Å². The molecule has 0 saturated carbocycles. The average Bonchev–Trinajstić information content (AvgIpc) is 3.10. The maximum Gasteiger partial charge on any atom is 0.369 e. The van der Waals surface area contributed by atoms with Gasteiger partial charge in [0.15, 0.2) is 0 Å². The van der Waals surface area contributed by atoms with Gasteiger partial charge in [-0.1, -0.05) is 43.8 Å². The van der Waals surface area contributed by atoms with Gasteiger partial charge in [-0.3, -0.25) is 0 Å². The van der Waals surface area contributed by atoms with Crippen LogP contribution in [0.4, 0.5) is 0 Å². The SMILES string of the molecule is CC.CNCc1nnc(C(=O)OC)s1.COC1C=C(C)C(S)C(C)C1. The lowest BCUT2D eigenvalue weighted by molar-refractivity contribution is 0.0599. The fraction of sp³-hybridized carbons (Fsp3) is 0.706. The molecule has 1 N–H and O–H groups in total. The second-order valence-electron chi connectivity index (χ2n) is 5.37. The highest BCUT2D eigenvalue weighted by Crippen LogP contribution is 2.29. The van der Waals surface area contributed by atoms with Crippen molar-refractivity contribution in [3.63, 3.8) is 0 Å². The number of esters is 1. The van der Waals surface area contributed by atoms with Gasteiger partial charge in [-0.15, -0.1) is 10.2 Å². The molecule has 1 aromatic rings. The van der Waals surface area contributed by atoms with E-state index < -0.39 is 5.97 Å². The average molecular weight is 390 g/mol. The number of methoxy groups -OCH3 is 2. The Morgan fingerprint density at radius 3 is 2.52 bits per heavy atom. The van der Waals surface area contributed by atoms with Crippen LogP contribution in [0.3, 0.4) is 0 Å². The fourth-order valence-electron chi connectivity index (χ4n) is 2.21. The maximum atomic E-state index is 10.9. The molecule has 3 atom stereocenters. The van der Waals surface area contributed by atoms with Crippen molar-refractivity contribution in [2.24, 2.45) is 5.92 Å². The first-order valence-corrected chi connectivity index (χ1v) is 9.70. The van der Waals surface area contributed by atoms with Crippen LogP contribution in [-0.4, -0.2) is 48.8 Å². The van der Waals surface area contributed by atoms with Crippen LogP contribution in [0.25, 0.3) is 0 Å². The number of aromatic nitrogens is 2. The lowest BCUT2D eigenvalue weighted by Gasteiger charge is -2.29. The van der Waals surface area contributed by atoms with Gasteiger partial charge in [-0.25, -0.2) is 4.79 Å². The minimum absolute atomic E-state index is 0.294. The van der Waals surface area contributed by atoms with Crippen LogP contribution in [0.1, 0.15) is 48.9 Å². The molecule has 8 heteroatoms. The van der Waals surface area contributed by atoms with Crippen LogP contribution in [-0.2, 0) is 16.0 Å². The Balaban J connectivity index is 0.000000421. The van der Waals surface area contributed by atoms with Gasteiger partial charge in [0.2, 0.25) is 5.01 Å². The summed E-state index contributed by atoms with van der Waals surface area (Å²) in [6, 6.07) is 0. The Morgan fingerprint density at radius 2 is 2.04 bits per heavy atom. The zero-order chi connectivity index (χ0) is 19.4. The molecule has 1 heterocycles. The molecule has 0 aromatic carbocycles. The number of carbonyl (C=O) groups is 1. The third kappa shape index (κ3) is 8.31. The minimum atomic E-state index is -0.435. The fourth-order valence-corrected chi connectivity index (χ4v) is 3.19. The summed E-state index contributed by atoms with van der Waals surface area (Å²) >= 11 is 5.74. The van der Waals surface area contributed by atoms with Crippen LogP contribution in [0, 0.1) is 5.92 Å². The number of hydrogen-bond acceptors (Lipinski definition) is 8. The van der Waals surface area contributed by atoms with Crippen molar-refractivity contribution in [2.75, 3.05) is 21.3 Å². The highest BCUT2D eigenvalue weighted by Gasteiger charge is 2.23. The van der Waals surface area contributed by atoms with Crippen molar-refractivity contribution in [3.05, 3.63) is 21.7 Å². The van der Waals surface area contributed by atoms with Crippen molar-refractivity contribution in [1.82, 2.24) is 15.5 Å². The Hall–Kier alpha value is -0.960. The van der Waals surface area contributed by atoms with Crippen molar-refractivity contribution in [2.45, 2.75) is 52.0 Å². The van der Waals surface area contributed by atoms with Gasteiger partial charge >= 0.3 is 5.97 Å². The molecule has 1 aromatic heterocycles. The molecule has 3 unspecified atom stereocenters. The summed E-state index contributed by atoms with van der Waals surface area (Å²) < 4.78 is 9.75. The summed E-state index contributed by atoms with van der Waals surface area (Å²) in [6.45, 7) is 8.97.